The SMILES string of the molecule is c1ccc(-c2c(-c3cccnc3)c(-c3ccccn3)c(-c3ccccc3)c3c2-c2ccc(-c4ccccc4)c4cccc-3c24)cc1. The number of aromatic nitrogens is 2. The molecule has 0 unspecified atom stereocenters. The number of benzene rings is 6. The van der Waals surface area contributed by atoms with E-state index < -0.39 is 0 Å². The fraction of sp³-hybridized carbons (Fsp3) is 0. The van der Waals surface area contributed by atoms with Gasteiger partial charge in [-0.05, 0) is 79.0 Å². The third-order valence-corrected chi connectivity index (χ3v) is 9.16. The van der Waals surface area contributed by atoms with Crippen LogP contribution in [0.2, 0.25) is 0 Å². The summed E-state index contributed by atoms with van der Waals surface area (Å²) in [6, 6.07) is 54.3. The molecule has 214 valence electrons. The average molecular weight is 585 g/mol. The van der Waals surface area contributed by atoms with Gasteiger partial charge in [0.05, 0.1) is 5.69 Å². The van der Waals surface area contributed by atoms with Crippen molar-refractivity contribution in [2.75, 3.05) is 0 Å². The van der Waals surface area contributed by atoms with Gasteiger partial charge >= 0.3 is 0 Å². The van der Waals surface area contributed by atoms with E-state index in [4.69, 9.17) is 4.98 Å². The van der Waals surface area contributed by atoms with E-state index >= 15 is 0 Å². The molecule has 2 heteroatoms. The summed E-state index contributed by atoms with van der Waals surface area (Å²) in [4.78, 5) is 9.64. The quantitative estimate of drug-likeness (QED) is 0.201. The molecule has 6 aromatic carbocycles. The molecule has 8 aromatic rings. The summed E-state index contributed by atoms with van der Waals surface area (Å²) in [5, 5.41) is 2.56. The molecule has 0 fully saturated rings. The number of fused-ring (bicyclic) bond motifs is 3. The summed E-state index contributed by atoms with van der Waals surface area (Å²) in [6.45, 7) is 0. The van der Waals surface area contributed by atoms with Crippen molar-refractivity contribution < 1.29 is 0 Å². The molecule has 2 heterocycles. The zero-order valence-corrected chi connectivity index (χ0v) is 25.1. The first kappa shape index (κ1) is 26.3. The Morgan fingerprint density at radius 2 is 0.891 bits per heavy atom. The fourth-order valence-corrected chi connectivity index (χ4v) is 7.33. The molecule has 2 aromatic heterocycles. The fourth-order valence-electron chi connectivity index (χ4n) is 7.33. The maximum atomic E-state index is 5.01. The van der Waals surface area contributed by atoms with Gasteiger partial charge in [-0.3, -0.25) is 9.97 Å². The Morgan fingerprint density at radius 1 is 0.326 bits per heavy atom. The van der Waals surface area contributed by atoms with Crippen molar-refractivity contribution in [1.82, 2.24) is 9.97 Å². The number of pyridine rings is 2. The second kappa shape index (κ2) is 10.8. The highest BCUT2D eigenvalue weighted by atomic mass is 14.7. The largest absolute Gasteiger partial charge is 0.264 e. The molecule has 9 rings (SSSR count). The zero-order chi connectivity index (χ0) is 30.5. The summed E-state index contributed by atoms with van der Waals surface area (Å²) in [7, 11) is 0. The van der Waals surface area contributed by atoms with E-state index in [9.17, 15) is 0 Å². The van der Waals surface area contributed by atoms with E-state index in [1.54, 1.807) is 0 Å². The van der Waals surface area contributed by atoms with Crippen molar-refractivity contribution in [2.24, 2.45) is 0 Å². The topological polar surface area (TPSA) is 25.8 Å². The monoisotopic (exact) mass is 584 g/mol. The Kier molecular flexibility index (Phi) is 6.17. The molecule has 0 bridgehead atoms. The molecule has 0 N–H and O–H groups in total. The molecule has 0 amide bonds. The maximum absolute atomic E-state index is 5.01. The predicted molar refractivity (Wildman–Crippen MR) is 191 cm³/mol. The molecule has 0 spiro atoms. The number of hydrogen-bond acceptors (Lipinski definition) is 2. The van der Waals surface area contributed by atoms with Crippen LogP contribution in [0, 0.1) is 0 Å². The van der Waals surface area contributed by atoms with E-state index in [0.717, 1.165) is 27.9 Å². The van der Waals surface area contributed by atoms with Gasteiger partial charge in [0.25, 0.3) is 0 Å². The Balaban J connectivity index is 1.54. The highest BCUT2D eigenvalue weighted by Crippen LogP contribution is 2.61. The molecule has 1 aliphatic carbocycles. The van der Waals surface area contributed by atoms with Crippen molar-refractivity contribution in [3.05, 3.63) is 170 Å². The Bertz CT molecular complexity index is 2250. The molecule has 46 heavy (non-hydrogen) atoms. The van der Waals surface area contributed by atoms with Crippen LogP contribution in [0.4, 0.5) is 0 Å². The van der Waals surface area contributed by atoms with Gasteiger partial charge in [0, 0.05) is 40.8 Å². The maximum Gasteiger partial charge on any atom is 0.0714 e. The molecule has 2 nitrogen and oxygen atoms in total. The highest BCUT2D eigenvalue weighted by Gasteiger charge is 2.34. The molecule has 1 aliphatic rings. The third kappa shape index (κ3) is 4.04. The van der Waals surface area contributed by atoms with Crippen molar-refractivity contribution in [1.29, 1.82) is 0 Å². The number of rotatable bonds is 5. The molecular formula is C44H28N2. The van der Waals surface area contributed by atoms with Crippen molar-refractivity contribution in [2.45, 2.75) is 0 Å². The van der Waals surface area contributed by atoms with Crippen LogP contribution in [-0.2, 0) is 0 Å². The van der Waals surface area contributed by atoms with Gasteiger partial charge in [-0.25, -0.2) is 0 Å². The predicted octanol–water partition coefficient (Wildman–Crippen LogP) is 11.6. The number of nitrogens with zero attached hydrogens (tertiary/aromatic N) is 2. The first-order chi connectivity index (χ1) is 22.9. The van der Waals surface area contributed by atoms with Crippen LogP contribution in [0.5, 0.6) is 0 Å². The first-order valence-electron chi connectivity index (χ1n) is 15.7. The minimum absolute atomic E-state index is 0.938. The molecule has 0 saturated heterocycles. The molecular weight excluding hydrogens is 556 g/mol. The Labute approximate surface area is 268 Å². The molecule has 0 atom stereocenters. The summed E-state index contributed by atoms with van der Waals surface area (Å²) in [6.07, 6.45) is 5.74. The molecule has 0 radical (unpaired) electrons. The molecule has 0 saturated carbocycles. The average Bonchev–Trinajstić information content (AvgIpc) is 3.47. The zero-order valence-electron chi connectivity index (χ0n) is 25.1. The Hall–Kier alpha value is -6.12. The third-order valence-electron chi connectivity index (χ3n) is 9.16. The van der Waals surface area contributed by atoms with Gasteiger partial charge in [0.2, 0.25) is 0 Å². The van der Waals surface area contributed by atoms with Crippen LogP contribution in [0.15, 0.2) is 170 Å². The van der Waals surface area contributed by atoms with Crippen LogP contribution >= 0.6 is 0 Å². The lowest BCUT2D eigenvalue weighted by Crippen LogP contribution is -2.00. The van der Waals surface area contributed by atoms with Gasteiger partial charge in [-0.1, -0.05) is 133 Å². The summed E-state index contributed by atoms with van der Waals surface area (Å²) >= 11 is 0. The van der Waals surface area contributed by atoms with E-state index in [1.807, 2.05) is 30.7 Å². The number of hydrogen-bond donors (Lipinski definition) is 0. The second-order valence-electron chi connectivity index (χ2n) is 11.7. The lowest BCUT2D eigenvalue weighted by molar-refractivity contribution is 1.31. The Morgan fingerprint density at radius 3 is 1.52 bits per heavy atom. The lowest BCUT2D eigenvalue weighted by atomic mass is 9.77. The van der Waals surface area contributed by atoms with E-state index in [-0.39, 0.29) is 0 Å². The van der Waals surface area contributed by atoms with Crippen LogP contribution in [-0.4, -0.2) is 9.97 Å². The van der Waals surface area contributed by atoms with Crippen LogP contribution in [0.3, 0.4) is 0 Å². The first-order valence-corrected chi connectivity index (χ1v) is 15.7. The van der Waals surface area contributed by atoms with Gasteiger partial charge in [0.1, 0.15) is 0 Å². The van der Waals surface area contributed by atoms with E-state index in [1.165, 1.54) is 60.8 Å². The van der Waals surface area contributed by atoms with Crippen molar-refractivity contribution in [3.63, 3.8) is 0 Å². The van der Waals surface area contributed by atoms with Crippen molar-refractivity contribution in [3.8, 4) is 78.0 Å². The minimum Gasteiger partial charge on any atom is -0.264 e. The van der Waals surface area contributed by atoms with Crippen LogP contribution in [0.1, 0.15) is 0 Å². The van der Waals surface area contributed by atoms with Crippen LogP contribution < -0.4 is 0 Å². The second-order valence-corrected chi connectivity index (χ2v) is 11.7. The normalized spacial score (nSPS) is 11.5. The smallest absolute Gasteiger partial charge is 0.0714 e. The van der Waals surface area contributed by atoms with E-state index in [2.05, 4.69) is 145 Å². The van der Waals surface area contributed by atoms with E-state index in [0.29, 0.717) is 0 Å². The highest BCUT2D eigenvalue weighted by molar-refractivity contribution is 6.27. The van der Waals surface area contributed by atoms with Gasteiger partial charge in [-0.2, -0.15) is 0 Å². The summed E-state index contributed by atoms with van der Waals surface area (Å²) in [5.41, 5.74) is 16.5. The lowest BCUT2D eigenvalue weighted by Gasteiger charge is -2.25. The minimum atomic E-state index is 0.938. The standard InChI is InChI=1S/C44H28N2/c1-4-14-29(15-5-1)33-24-25-36-41-34(33)21-12-22-35(41)42-39(31-18-8-3-9-19-31)44(37-23-10-11-27-46-37)40(32-20-13-26-45-28-32)38(43(36)42)30-16-6-2-7-17-30/h1-28H. The molecule has 0 aliphatic heterocycles. The van der Waals surface area contributed by atoms with Gasteiger partial charge in [0.15, 0.2) is 0 Å². The summed E-state index contributed by atoms with van der Waals surface area (Å²) < 4.78 is 0. The summed E-state index contributed by atoms with van der Waals surface area (Å²) in [5.74, 6) is 0. The van der Waals surface area contributed by atoms with Gasteiger partial charge in [-0.15, -0.1) is 0 Å². The van der Waals surface area contributed by atoms with Crippen LogP contribution in [0.25, 0.3) is 88.8 Å². The van der Waals surface area contributed by atoms with Crippen molar-refractivity contribution >= 4 is 10.8 Å². The van der Waals surface area contributed by atoms with Gasteiger partial charge < -0.3 is 0 Å².